The molecule has 0 spiro atoms. The smallest absolute Gasteiger partial charge is 0.410 e. The van der Waals surface area contributed by atoms with Crippen LogP contribution in [0.3, 0.4) is 0 Å². The number of aliphatic imine (C=N–C) groups is 1. The highest BCUT2D eigenvalue weighted by Crippen LogP contribution is 2.27. The molecule has 1 fully saturated rings. The van der Waals surface area contributed by atoms with E-state index in [1.54, 1.807) is 54.5 Å². The molecule has 7 N–H and O–H groups in total. The van der Waals surface area contributed by atoms with Gasteiger partial charge in [-0.15, -0.1) is 0 Å². The third-order valence-corrected chi connectivity index (χ3v) is 10.5. The molecule has 1 aliphatic rings. The number of carbonyl (C=O) groups excluding carboxylic acids is 4. The van der Waals surface area contributed by atoms with Crippen molar-refractivity contribution < 1.29 is 42.9 Å². The molecule has 17 nitrogen and oxygen atoms in total. The summed E-state index contributed by atoms with van der Waals surface area (Å²) in [5.41, 5.74) is 12.3. The summed E-state index contributed by atoms with van der Waals surface area (Å²) in [4.78, 5) is 84.4. The van der Waals surface area contributed by atoms with E-state index in [1.807, 2.05) is 30.3 Å². The molecule has 0 radical (unpaired) electrons. The van der Waals surface area contributed by atoms with Gasteiger partial charge in [-0.25, -0.2) is 18.8 Å². The van der Waals surface area contributed by atoms with E-state index in [-0.39, 0.29) is 87.5 Å². The number of amides is 3. The van der Waals surface area contributed by atoms with Gasteiger partial charge in [0, 0.05) is 68.9 Å². The van der Waals surface area contributed by atoms with Crippen LogP contribution >= 0.6 is 0 Å². The molecule has 4 aromatic rings. The van der Waals surface area contributed by atoms with Gasteiger partial charge in [0.25, 0.3) is 0 Å². The summed E-state index contributed by atoms with van der Waals surface area (Å²) in [6.07, 6.45) is 0.490. The van der Waals surface area contributed by atoms with E-state index in [9.17, 15) is 33.9 Å². The second kappa shape index (κ2) is 21.5. The number of aryl methyl sites for hydroxylation is 1. The highest BCUT2D eigenvalue weighted by Gasteiger charge is 2.30. The topological polar surface area (TPSA) is 241 Å². The minimum Gasteiger partial charge on any atom is -0.477 e. The van der Waals surface area contributed by atoms with Gasteiger partial charge in [0.05, 0.1) is 17.2 Å². The Bertz CT molecular complexity index is 2320. The van der Waals surface area contributed by atoms with Crippen LogP contribution in [0, 0.1) is 17.7 Å². The summed E-state index contributed by atoms with van der Waals surface area (Å²) < 4.78 is 27.8. The first kappa shape index (κ1) is 46.1. The van der Waals surface area contributed by atoms with Gasteiger partial charge in [-0.1, -0.05) is 56.3 Å². The Balaban J connectivity index is 1.14. The second-order valence-corrected chi connectivity index (χ2v) is 15.2. The molecule has 1 aliphatic heterocycles. The molecular formula is C44H53FN8O9. The van der Waals surface area contributed by atoms with Crippen molar-refractivity contribution in [3.05, 3.63) is 106 Å². The number of nitrogens with zero attached hydrogens (tertiary/aromatic N) is 4. The van der Waals surface area contributed by atoms with Gasteiger partial charge in [-0.2, -0.15) is 0 Å². The van der Waals surface area contributed by atoms with Gasteiger partial charge in [0.15, 0.2) is 11.7 Å². The number of rotatable bonds is 18. The predicted molar refractivity (Wildman–Crippen MR) is 231 cm³/mol. The van der Waals surface area contributed by atoms with Gasteiger partial charge >= 0.3 is 18.2 Å². The molecule has 0 aliphatic carbocycles. The summed E-state index contributed by atoms with van der Waals surface area (Å²) in [7, 11) is 0. The van der Waals surface area contributed by atoms with Crippen molar-refractivity contribution >= 4 is 58.1 Å². The molecule has 1 saturated heterocycles. The van der Waals surface area contributed by atoms with Crippen LogP contribution in [0.15, 0.2) is 82.7 Å². The van der Waals surface area contributed by atoms with E-state index >= 15 is 4.39 Å². The van der Waals surface area contributed by atoms with Crippen molar-refractivity contribution in [1.29, 1.82) is 0 Å². The number of guanidine groups is 1. The zero-order valence-corrected chi connectivity index (χ0v) is 35.0. The minimum atomic E-state index is -1.39. The molecule has 2 heterocycles. The highest BCUT2D eigenvalue weighted by atomic mass is 19.1. The number of benzene rings is 3. The second-order valence-electron chi connectivity index (χ2n) is 15.2. The number of nitrogens with one attached hydrogen (secondary N) is 2. The number of pyridine rings is 1. The van der Waals surface area contributed by atoms with Gasteiger partial charge in [0.1, 0.15) is 24.6 Å². The van der Waals surface area contributed by atoms with Crippen LogP contribution in [-0.2, 0) is 38.8 Å². The standard InChI is InChI=1S/C44H53FN8O9/c1-4-51-24-33(41(57)58)39(55)32-22-34(45)36(23-35(32)51)52-17-19-53(20-18-52)44(60)62-26-29-12-14-31(15-13-29)49-40(56)30(11-8-16-48-42(46)47)21-37(54)38(27(2)3)50-43(59)61-25-28-9-6-5-7-10-28/h5-7,9-10,12-15,22-24,27,30,38H,4,8,11,16-21,25-26H2,1-3H3,(H,49,56)(H,50,59)(H,57,58)(H4,46,47,48)/t30-,38+/m1/s1. The molecular weight excluding hydrogens is 804 g/mol. The number of ether oxygens (including phenoxy) is 2. The number of anilines is 2. The van der Waals surface area contributed by atoms with Gasteiger partial charge in [-0.05, 0) is 61.1 Å². The molecule has 0 unspecified atom stereocenters. The van der Waals surface area contributed by atoms with E-state index in [4.69, 9.17) is 20.9 Å². The number of aromatic nitrogens is 1. The third-order valence-electron chi connectivity index (χ3n) is 10.5. The fourth-order valence-electron chi connectivity index (χ4n) is 7.10. The average molecular weight is 857 g/mol. The van der Waals surface area contributed by atoms with Gasteiger partial charge in [0.2, 0.25) is 11.3 Å². The summed E-state index contributed by atoms with van der Waals surface area (Å²) in [5, 5.41) is 14.9. The van der Waals surface area contributed by atoms with Gasteiger partial charge in [-0.3, -0.25) is 19.4 Å². The minimum absolute atomic E-state index is 0.0255. The Morgan fingerprint density at radius 3 is 2.21 bits per heavy atom. The number of ketones is 1. The number of carboxylic acids is 1. The molecule has 330 valence electrons. The van der Waals surface area contributed by atoms with Crippen LogP contribution in [0.5, 0.6) is 0 Å². The lowest BCUT2D eigenvalue weighted by atomic mass is 9.89. The number of hydrogen-bond acceptors (Lipinski definition) is 10. The number of nitrogens with two attached hydrogens (primary N) is 2. The van der Waals surface area contributed by atoms with Crippen LogP contribution in [0.4, 0.5) is 25.4 Å². The van der Waals surface area contributed by atoms with Crippen LogP contribution in [0.25, 0.3) is 10.9 Å². The van der Waals surface area contributed by atoms with Crippen molar-refractivity contribution in [1.82, 2.24) is 14.8 Å². The van der Waals surface area contributed by atoms with E-state index in [2.05, 4.69) is 15.6 Å². The molecule has 62 heavy (non-hydrogen) atoms. The number of aromatic carboxylic acids is 1. The largest absolute Gasteiger partial charge is 0.477 e. The molecule has 0 bridgehead atoms. The molecule has 3 amide bonds. The summed E-state index contributed by atoms with van der Waals surface area (Å²) in [6, 6.07) is 17.5. The summed E-state index contributed by atoms with van der Waals surface area (Å²) in [6.45, 7) is 7.01. The maximum atomic E-state index is 15.3. The number of hydrogen-bond donors (Lipinski definition) is 5. The van der Waals surface area contributed by atoms with Crippen molar-refractivity contribution in [3.63, 3.8) is 0 Å². The molecule has 3 aromatic carbocycles. The van der Waals surface area contributed by atoms with Crippen LogP contribution in [0.1, 0.15) is 61.5 Å². The number of fused-ring (bicyclic) bond motifs is 1. The average Bonchev–Trinajstić information content (AvgIpc) is 3.25. The lowest BCUT2D eigenvalue weighted by Crippen LogP contribution is -2.49. The number of piperazine rings is 1. The molecule has 0 saturated carbocycles. The van der Waals surface area contributed by atoms with Crippen LogP contribution < -0.4 is 32.4 Å². The maximum absolute atomic E-state index is 15.3. The van der Waals surface area contributed by atoms with E-state index in [0.29, 0.717) is 29.7 Å². The van der Waals surface area contributed by atoms with Crippen molar-refractivity contribution in [3.8, 4) is 0 Å². The number of carbonyl (C=O) groups is 5. The Morgan fingerprint density at radius 1 is 0.919 bits per heavy atom. The SMILES string of the molecule is CCn1cc(C(=O)O)c(=O)c2cc(F)c(N3CCN(C(=O)OCc4ccc(NC(=O)[C@H](CCCN=C(N)N)CC(=O)[C@@H](NC(=O)OCc5ccccc5)C(C)C)cc4)CC3)cc21. The molecule has 1 aromatic heterocycles. The Hall–Kier alpha value is -6.98. The first-order valence-electron chi connectivity index (χ1n) is 20.4. The number of alkyl carbamates (subject to hydrolysis) is 1. The molecule has 2 atom stereocenters. The fraction of sp³-hybridized carbons (Fsp3) is 0.386. The van der Waals surface area contributed by atoms with Crippen LogP contribution in [0.2, 0.25) is 0 Å². The van der Waals surface area contributed by atoms with E-state index in [0.717, 1.165) is 11.6 Å². The molecule has 5 rings (SSSR count). The zero-order valence-electron chi connectivity index (χ0n) is 35.0. The number of carboxylic acid groups (broad SMARTS) is 1. The molecule has 18 heteroatoms. The zero-order chi connectivity index (χ0) is 44.9. The van der Waals surface area contributed by atoms with E-state index < -0.39 is 52.8 Å². The lowest BCUT2D eigenvalue weighted by Gasteiger charge is -2.35. The Labute approximate surface area is 357 Å². The first-order valence-corrected chi connectivity index (χ1v) is 20.4. The van der Waals surface area contributed by atoms with E-state index in [1.165, 1.54) is 17.2 Å². The third kappa shape index (κ3) is 12.3. The van der Waals surface area contributed by atoms with Crippen LogP contribution in [-0.4, -0.2) is 89.1 Å². The monoisotopic (exact) mass is 856 g/mol. The summed E-state index contributed by atoms with van der Waals surface area (Å²) in [5.74, 6) is -3.95. The maximum Gasteiger partial charge on any atom is 0.410 e. The quantitative estimate of drug-likeness (QED) is 0.0514. The first-order chi connectivity index (χ1) is 29.6. The fourth-order valence-corrected chi connectivity index (χ4v) is 7.10. The number of Topliss-reactive ketones (excluding diaryl/α,β-unsaturated/α-hetero) is 1. The number of halogens is 1. The van der Waals surface area contributed by atoms with Crippen molar-refractivity contribution in [2.45, 2.75) is 65.8 Å². The lowest BCUT2D eigenvalue weighted by molar-refractivity contribution is -0.128. The van der Waals surface area contributed by atoms with Crippen molar-refractivity contribution in [2.24, 2.45) is 28.3 Å². The summed E-state index contributed by atoms with van der Waals surface area (Å²) >= 11 is 0. The predicted octanol–water partition coefficient (Wildman–Crippen LogP) is 4.84. The Kier molecular flexibility index (Phi) is 16.0. The highest BCUT2D eigenvalue weighted by molar-refractivity contribution is 5.97. The van der Waals surface area contributed by atoms with Gasteiger partial charge < -0.3 is 51.0 Å². The van der Waals surface area contributed by atoms with Crippen molar-refractivity contribution in [2.75, 3.05) is 42.9 Å². The normalized spacial score (nSPS) is 13.6. The Morgan fingerprint density at radius 2 is 1.58 bits per heavy atom.